The van der Waals surface area contributed by atoms with Crippen LogP contribution in [0.1, 0.15) is 6.92 Å². The molecule has 2 amide bonds. The highest BCUT2D eigenvalue weighted by atomic mass is 32.2. The fraction of sp³-hybridized carbons (Fsp3) is 0.160. The van der Waals surface area contributed by atoms with Gasteiger partial charge < -0.3 is 14.0 Å². The van der Waals surface area contributed by atoms with Crippen LogP contribution < -0.4 is 20.6 Å². The Hall–Kier alpha value is -4.38. The quantitative estimate of drug-likeness (QED) is 0.297. The van der Waals surface area contributed by atoms with E-state index in [4.69, 9.17) is 9.47 Å². The molecule has 0 unspecified atom stereocenters. The number of esters is 1. The number of nitrogens with zero attached hydrogens (tertiary/aromatic N) is 3. The first-order chi connectivity index (χ1) is 17.4. The molecule has 0 saturated carbocycles. The second-order valence-electron chi connectivity index (χ2n) is 7.48. The van der Waals surface area contributed by atoms with Crippen LogP contribution in [0.5, 0.6) is 5.75 Å². The number of amidine groups is 1. The minimum absolute atomic E-state index is 0.105. The Balaban J connectivity index is 1.52. The van der Waals surface area contributed by atoms with Gasteiger partial charge in [0.1, 0.15) is 5.75 Å². The molecule has 4 rings (SSSR count). The van der Waals surface area contributed by atoms with Crippen LogP contribution in [0.4, 0.5) is 5.69 Å². The number of anilines is 1. The lowest BCUT2D eigenvalue weighted by Gasteiger charge is -2.15. The van der Waals surface area contributed by atoms with E-state index in [0.29, 0.717) is 16.6 Å². The Morgan fingerprint density at radius 3 is 2.56 bits per heavy atom. The summed E-state index contributed by atoms with van der Waals surface area (Å²) in [5, 5.41) is 4.92. The summed E-state index contributed by atoms with van der Waals surface area (Å²) in [5.41, 5.74) is 3.28. The van der Waals surface area contributed by atoms with Gasteiger partial charge >= 0.3 is 5.97 Å². The van der Waals surface area contributed by atoms with Gasteiger partial charge in [-0.2, -0.15) is 0 Å². The lowest BCUT2D eigenvalue weighted by Crippen LogP contribution is -2.32. The molecule has 10 nitrogen and oxygen atoms in total. The van der Waals surface area contributed by atoms with Gasteiger partial charge in [-0.1, -0.05) is 30.3 Å². The number of ether oxygens (including phenoxy) is 2. The summed E-state index contributed by atoms with van der Waals surface area (Å²) < 4.78 is 12.0. The molecule has 0 aliphatic carbocycles. The van der Waals surface area contributed by atoms with Gasteiger partial charge in [0.2, 0.25) is 0 Å². The standard InChI is InChI=1S/C25H22N4O6S/c1-3-34-23(32)14-20-24(33)29(16-9-5-4-6-10-16)25(36-20)27-26-21(30)15-35-19-13-22(31)28(2)18-12-8-7-11-17(18)19/h4-14H,3,15H2,1-2H3,(H,26,30)/b20-14+,27-25+. The first kappa shape index (κ1) is 24.7. The van der Waals surface area contributed by atoms with E-state index in [-0.39, 0.29) is 28.0 Å². The fourth-order valence-electron chi connectivity index (χ4n) is 3.43. The number of hydrazone groups is 1. The second-order valence-corrected chi connectivity index (χ2v) is 8.49. The summed E-state index contributed by atoms with van der Waals surface area (Å²) in [6.45, 7) is 1.42. The summed E-state index contributed by atoms with van der Waals surface area (Å²) >= 11 is 0.925. The molecule has 1 aliphatic rings. The zero-order chi connectivity index (χ0) is 25.7. The SMILES string of the molecule is CCOC(=O)/C=C1/S/C(=N/NC(=O)COc2cc(=O)n(C)c3ccccc23)N(c2ccccc2)C1=O. The normalized spacial score (nSPS) is 15.5. The molecule has 1 saturated heterocycles. The molecule has 0 radical (unpaired) electrons. The summed E-state index contributed by atoms with van der Waals surface area (Å²) in [6.07, 6.45) is 1.10. The predicted octanol–water partition coefficient (Wildman–Crippen LogP) is 2.53. The van der Waals surface area contributed by atoms with Crippen molar-refractivity contribution in [3.8, 4) is 5.75 Å². The van der Waals surface area contributed by atoms with Crippen LogP contribution in [-0.4, -0.2) is 40.7 Å². The van der Waals surface area contributed by atoms with Gasteiger partial charge in [0.25, 0.3) is 17.4 Å². The smallest absolute Gasteiger partial charge is 0.332 e. The maximum absolute atomic E-state index is 13.0. The molecule has 3 aromatic rings. The van der Waals surface area contributed by atoms with Crippen molar-refractivity contribution in [2.24, 2.45) is 12.1 Å². The van der Waals surface area contributed by atoms with Gasteiger partial charge in [-0.05, 0) is 43.0 Å². The van der Waals surface area contributed by atoms with E-state index in [1.165, 1.54) is 15.5 Å². The topological polar surface area (TPSA) is 119 Å². The number of para-hydroxylation sites is 2. The number of aryl methyl sites for hydroxylation is 1. The van der Waals surface area contributed by atoms with Crippen molar-refractivity contribution in [3.05, 3.63) is 82.0 Å². The molecule has 11 heteroatoms. The van der Waals surface area contributed by atoms with E-state index in [0.717, 1.165) is 17.8 Å². The zero-order valence-electron chi connectivity index (χ0n) is 19.5. The lowest BCUT2D eigenvalue weighted by molar-refractivity contribution is -0.137. The third-order valence-electron chi connectivity index (χ3n) is 5.11. The summed E-state index contributed by atoms with van der Waals surface area (Å²) in [6, 6.07) is 17.2. The van der Waals surface area contributed by atoms with E-state index >= 15 is 0 Å². The molecule has 0 bridgehead atoms. The average Bonchev–Trinajstić information content (AvgIpc) is 3.19. The molecule has 0 spiro atoms. The molecule has 2 heterocycles. The zero-order valence-corrected chi connectivity index (χ0v) is 20.3. The highest BCUT2D eigenvalue weighted by Gasteiger charge is 2.35. The van der Waals surface area contributed by atoms with Crippen LogP contribution >= 0.6 is 11.8 Å². The molecule has 2 aromatic carbocycles. The monoisotopic (exact) mass is 506 g/mol. The molecule has 36 heavy (non-hydrogen) atoms. The lowest BCUT2D eigenvalue weighted by atomic mass is 10.2. The van der Waals surface area contributed by atoms with Crippen LogP contribution in [0, 0.1) is 0 Å². The maximum atomic E-state index is 13.0. The van der Waals surface area contributed by atoms with Crippen LogP contribution in [0.2, 0.25) is 0 Å². The minimum atomic E-state index is -0.652. The number of hydrogen-bond donors (Lipinski definition) is 1. The molecule has 1 N–H and O–H groups in total. The number of fused-ring (bicyclic) bond motifs is 1. The van der Waals surface area contributed by atoms with Crippen LogP contribution in [0.25, 0.3) is 10.9 Å². The van der Waals surface area contributed by atoms with Gasteiger partial charge in [0, 0.05) is 24.6 Å². The number of hydrogen-bond acceptors (Lipinski definition) is 8. The number of nitrogens with one attached hydrogen (secondary N) is 1. The largest absolute Gasteiger partial charge is 0.483 e. The predicted molar refractivity (Wildman–Crippen MR) is 136 cm³/mol. The third-order valence-corrected chi connectivity index (χ3v) is 6.08. The van der Waals surface area contributed by atoms with Gasteiger partial charge in [0.05, 0.1) is 22.7 Å². The highest BCUT2D eigenvalue weighted by Crippen LogP contribution is 2.34. The molecular weight excluding hydrogens is 484 g/mol. The Bertz CT molecular complexity index is 1450. The van der Waals surface area contributed by atoms with Crippen LogP contribution in [0.15, 0.2) is 81.5 Å². The molecule has 0 atom stereocenters. The van der Waals surface area contributed by atoms with E-state index in [2.05, 4.69) is 10.5 Å². The van der Waals surface area contributed by atoms with Gasteiger partial charge in [-0.15, -0.1) is 5.10 Å². The summed E-state index contributed by atoms with van der Waals surface area (Å²) in [4.78, 5) is 51.0. The van der Waals surface area contributed by atoms with E-state index in [9.17, 15) is 19.2 Å². The number of amides is 2. The number of benzene rings is 2. The molecule has 1 fully saturated rings. The van der Waals surface area contributed by atoms with Gasteiger partial charge in [0.15, 0.2) is 11.8 Å². The maximum Gasteiger partial charge on any atom is 0.332 e. The van der Waals surface area contributed by atoms with Crippen molar-refractivity contribution < 1.29 is 23.9 Å². The van der Waals surface area contributed by atoms with Crippen molar-refractivity contribution >= 4 is 51.3 Å². The highest BCUT2D eigenvalue weighted by molar-refractivity contribution is 8.19. The van der Waals surface area contributed by atoms with Crippen molar-refractivity contribution in [2.45, 2.75) is 6.92 Å². The van der Waals surface area contributed by atoms with Crippen molar-refractivity contribution in [1.29, 1.82) is 0 Å². The first-order valence-corrected chi connectivity index (χ1v) is 11.7. The average molecular weight is 507 g/mol. The van der Waals surface area contributed by atoms with Crippen molar-refractivity contribution in [2.75, 3.05) is 18.1 Å². The molecule has 184 valence electrons. The fourth-order valence-corrected chi connectivity index (χ4v) is 4.33. The van der Waals surface area contributed by atoms with Crippen molar-refractivity contribution in [3.63, 3.8) is 0 Å². The van der Waals surface area contributed by atoms with E-state index < -0.39 is 24.4 Å². The van der Waals surface area contributed by atoms with Crippen LogP contribution in [0.3, 0.4) is 0 Å². The number of carbonyl (C=O) groups is 3. The Morgan fingerprint density at radius 1 is 1.08 bits per heavy atom. The minimum Gasteiger partial charge on any atom is -0.483 e. The van der Waals surface area contributed by atoms with E-state index in [1.54, 1.807) is 68.6 Å². The summed E-state index contributed by atoms with van der Waals surface area (Å²) in [5.74, 6) is -1.46. The third kappa shape index (κ3) is 5.31. The first-order valence-electron chi connectivity index (χ1n) is 10.9. The molecular formula is C25H22N4O6S. The Morgan fingerprint density at radius 2 is 1.81 bits per heavy atom. The van der Waals surface area contributed by atoms with Gasteiger partial charge in [-0.25, -0.2) is 10.2 Å². The Labute approximate surface area is 210 Å². The van der Waals surface area contributed by atoms with Crippen molar-refractivity contribution in [1.82, 2.24) is 9.99 Å². The number of rotatable bonds is 7. The second kappa shape index (κ2) is 10.9. The number of pyridine rings is 1. The van der Waals surface area contributed by atoms with E-state index in [1.807, 2.05) is 0 Å². The number of thioether (sulfide) groups is 1. The molecule has 1 aliphatic heterocycles. The van der Waals surface area contributed by atoms with Gasteiger partial charge in [-0.3, -0.25) is 19.3 Å². The summed E-state index contributed by atoms with van der Waals surface area (Å²) in [7, 11) is 1.65. The molecule has 1 aromatic heterocycles. The van der Waals surface area contributed by atoms with Crippen LogP contribution in [-0.2, 0) is 26.2 Å². The number of carbonyl (C=O) groups excluding carboxylic acids is 3. The number of aromatic nitrogens is 1. The Kier molecular flexibility index (Phi) is 7.50.